The number of nitrogens with zero attached hydrogens (tertiary/aromatic N) is 1. The Hall–Kier alpha value is -0.890. The molecule has 2 heteroatoms. The van der Waals surface area contributed by atoms with Gasteiger partial charge in [-0.2, -0.15) is 0 Å². The second-order valence-corrected chi connectivity index (χ2v) is 4.58. The van der Waals surface area contributed by atoms with Crippen LogP contribution in [-0.2, 0) is 0 Å². The van der Waals surface area contributed by atoms with Crippen molar-refractivity contribution in [1.82, 2.24) is 4.98 Å². The molecular formula is C11H18N2. The zero-order chi connectivity index (χ0) is 10.1. The predicted molar refractivity (Wildman–Crippen MR) is 55.4 cm³/mol. The Morgan fingerprint density at radius 1 is 1.38 bits per heavy atom. The molecule has 0 saturated carbocycles. The molecule has 1 atom stereocenters. The van der Waals surface area contributed by atoms with Crippen LogP contribution in [0.2, 0.25) is 0 Å². The summed E-state index contributed by atoms with van der Waals surface area (Å²) in [7, 11) is 0. The second-order valence-electron chi connectivity index (χ2n) is 4.58. The topological polar surface area (TPSA) is 38.9 Å². The molecule has 1 aromatic heterocycles. The van der Waals surface area contributed by atoms with E-state index in [0.29, 0.717) is 0 Å². The summed E-state index contributed by atoms with van der Waals surface area (Å²) in [6.45, 7) is 8.50. The molecule has 0 fully saturated rings. The van der Waals surface area contributed by atoms with Crippen LogP contribution < -0.4 is 5.73 Å². The van der Waals surface area contributed by atoms with Crippen LogP contribution in [0.15, 0.2) is 18.5 Å². The van der Waals surface area contributed by atoms with E-state index in [2.05, 4.69) is 32.7 Å². The van der Waals surface area contributed by atoms with Crippen molar-refractivity contribution in [2.75, 3.05) is 0 Å². The van der Waals surface area contributed by atoms with Gasteiger partial charge in [-0.15, -0.1) is 0 Å². The van der Waals surface area contributed by atoms with Crippen molar-refractivity contribution in [1.29, 1.82) is 0 Å². The summed E-state index contributed by atoms with van der Waals surface area (Å²) in [4.78, 5) is 4.10. The van der Waals surface area contributed by atoms with Crippen molar-refractivity contribution in [3.8, 4) is 0 Å². The van der Waals surface area contributed by atoms with Crippen LogP contribution in [0, 0.1) is 12.3 Å². The van der Waals surface area contributed by atoms with Crippen LogP contribution in [0.4, 0.5) is 0 Å². The Labute approximate surface area is 80.2 Å². The molecule has 2 N–H and O–H groups in total. The third-order valence-electron chi connectivity index (χ3n) is 2.35. The van der Waals surface area contributed by atoms with Crippen molar-refractivity contribution in [3.63, 3.8) is 0 Å². The SMILES string of the molecule is Cc1ccncc1[C@@H](N)C(C)(C)C. The molecule has 1 rings (SSSR count). The van der Waals surface area contributed by atoms with Gasteiger partial charge in [0.15, 0.2) is 0 Å². The van der Waals surface area contributed by atoms with E-state index in [4.69, 9.17) is 5.73 Å². The fraction of sp³-hybridized carbons (Fsp3) is 0.545. The van der Waals surface area contributed by atoms with Crippen LogP contribution in [0.25, 0.3) is 0 Å². The molecule has 2 nitrogen and oxygen atoms in total. The summed E-state index contributed by atoms with van der Waals surface area (Å²) in [6, 6.07) is 2.06. The third kappa shape index (κ3) is 2.28. The quantitative estimate of drug-likeness (QED) is 0.717. The maximum Gasteiger partial charge on any atom is 0.0362 e. The Kier molecular flexibility index (Phi) is 2.71. The fourth-order valence-electron chi connectivity index (χ4n) is 1.27. The molecule has 0 spiro atoms. The molecule has 0 bridgehead atoms. The summed E-state index contributed by atoms with van der Waals surface area (Å²) in [6.07, 6.45) is 3.67. The average molecular weight is 178 g/mol. The van der Waals surface area contributed by atoms with E-state index >= 15 is 0 Å². The lowest BCUT2D eigenvalue weighted by Crippen LogP contribution is -2.27. The fourth-order valence-corrected chi connectivity index (χ4v) is 1.27. The van der Waals surface area contributed by atoms with E-state index in [9.17, 15) is 0 Å². The first kappa shape index (κ1) is 10.2. The normalized spacial score (nSPS) is 14.2. The molecule has 0 unspecified atom stereocenters. The molecule has 72 valence electrons. The number of aryl methyl sites for hydroxylation is 1. The number of nitrogens with two attached hydrogens (primary N) is 1. The third-order valence-corrected chi connectivity index (χ3v) is 2.35. The molecule has 0 saturated heterocycles. The molecule has 0 aliphatic carbocycles. The summed E-state index contributed by atoms with van der Waals surface area (Å²) in [5.74, 6) is 0. The van der Waals surface area contributed by atoms with Gasteiger partial charge >= 0.3 is 0 Å². The minimum Gasteiger partial charge on any atom is -0.323 e. The van der Waals surface area contributed by atoms with Gasteiger partial charge in [0.2, 0.25) is 0 Å². The minimum absolute atomic E-state index is 0.0567. The van der Waals surface area contributed by atoms with Crippen LogP contribution in [0.3, 0.4) is 0 Å². The minimum atomic E-state index is 0.0567. The largest absolute Gasteiger partial charge is 0.323 e. The molecule has 0 radical (unpaired) electrons. The monoisotopic (exact) mass is 178 g/mol. The number of pyridine rings is 1. The zero-order valence-electron chi connectivity index (χ0n) is 8.83. The van der Waals surface area contributed by atoms with Gasteiger partial charge in [-0.05, 0) is 29.5 Å². The van der Waals surface area contributed by atoms with E-state index < -0.39 is 0 Å². The van der Waals surface area contributed by atoms with E-state index in [1.54, 1.807) is 6.20 Å². The molecular weight excluding hydrogens is 160 g/mol. The standard InChI is InChI=1S/C11H18N2/c1-8-5-6-13-7-9(8)10(12)11(2,3)4/h5-7,10H,12H2,1-4H3/t10-/m1/s1. The van der Waals surface area contributed by atoms with E-state index in [0.717, 1.165) is 5.56 Å². The lowest BCUT2D eigenvalue weighted by molar-refractivity contribution is 0.325. The number of aromatic nitrogens is 1. The molecule has 1 aromatic rings. The number of hydrogen-bond acceptors (Lipinski definition) is 2. The lowest BCUT2D eigenvalue weighted by Gasteiger charge is -2.28. The van der Waals surface area contributed by atoms with Crippen molar-refractivity contribution >= 4 is 0 Å². The highest BCUT2D eigenvalue weighted by Crippen LogP contribution is 2.31. The highest BCUT2D eigenvalue weighted by atomic mass is 14.7. The Morgan fingerprint density at radius 3 is 2.46 bits per heavy atom. The van der Waals surface area contributed by atoms with Gasteiger partial charge in [0, 0.05) is 18.4 Å². The molecule has 0 aromatic carbocycles. The number of hydrogen-bond donors (Lipinski definition) is 1. The molecule has 0 aliphatic heterocycles. The smallest absolute Gasteiger partial charge is 0.0362 e. The van der Waals surface area contributed by atoms with Gasteiger partial charge in [-0.1, -0.05) is 20.8 Å². The van der Waals surface area contributed by atoms with Gasteiger partial charge in [0.05, 0.1) is 0 Å². The van der Waals surface area contributed by atoms with E-state index in [1.807, 2.05) is 12.3 Å². The maximum atomic E-state index is 6.13. The molecule has 1 heterocycles. The van der Waals surface area contributed by atoms with Crippen LogP contribution in [0.5, 0.6) is 0 Å². The van der Waals surface area contributed by atoms with Gasteiger partial charge in [-0.25, -0.2) is 0 Å². The van der Waals surface area contributed by atoms with Crippen LogP contribution in [-0.4, -0.2) is 4.98 Å². The van der Waals surface area contributed by atoms with Gasteiger partial charge in [0.1, 0.15) is 0 Å². The maximum absolute atomic E-state index is 6.13. The van der Waals surface area contributed by atoms with Gasteiger partial charge < -0.3 is 5.73 Å². The summed E-state index contributed by atoms with van der Waals surface area (Å²) in [5, 5.41) is 0. The predicted octanol–water partition coefficient (Wildman–Crippen LogP) is 2.44. The van der Waals surface area contributed by atoms with Crippen molar-refractivity contribution in [2.24, 2.45) is 11.1 Å². The highest BCUT2D eigenvalue weighted by Gasteiger charge is 2.23. The number of rotatable bonds is 1. The molecule has 0 amide bonds. The van der Waals surface area contributed by atoms with Gasteiger partial charge in [-0.3, -0.25) is 4.98 Å². The summed E-state index contributed by atoms with van der Waals surface area (Å²) >= 11 is 0. The Morgan fingerprint density at radius 2 is 2.00 bits per heavy atom. The first-order valence-corrected chi connectivity index (χ1v) is 4.59. The Balaban J connectivity index is 3.02. The molecule has 13 heavy (non-hydrogen) atoms. The first-order valence-electron chi connectivity index (χ1n) is 4.59. The van der Waals surface area contributed by atoms with E-state index in [1.165, 1.54) is 5.56 Å². The van der Waals surface area contributed by atoms with Crippen molar-refractivity contribution in [3.05, 3.63) is 29.6 Å². The zero-order valence-corrected chi connectivity index (χ0v) is 8.83. The molecule has 0 aliphatic rings. The van der Waals surface area contributed by atoms with Gasteiger partial charge in [0.25, 0.3) is 0 Å². The summed E-state index contributed by atoms with van der Waals surface area (Å²) < 4.78 is 0. The Bertz CT molecular complexity index is 286. The second kappa shape index (κ2) is 3.46. The first-order chi connectivity index (χ1) is 5.93. The highest BCUT2D eigenvalue weighted by molar-refractivity contribution is 5.25. The average Bonchev–Trinajstić information content (AvgIpc) is 2.02. The van der Waals surface area contributed by atoms with Crippen LogP contribution in [0.1, 0.15) is 37.9 Å². The summed E-state index contributed by atoms with van der Waals surface area (Å²) in [5.41, 5.74) is 8.59. The lowest BCUT2D eigenvalue weighted by atomic mass is 9.82. The van der Waals surface area contributed by atoms with Crippen molar-refractivity contribution in [2.45, 2.75) is 33.7 Å². The van der Waals surface area contributed by atoms with Crippen molar-refractivity contribution < 1.29 is 0 Å². The van der Waals surface area contributed by atoms with E-state index in [-0.39, 0.29) is 11.5 Å². The van der Waals surface area contributed by atoms with Crippen LogP contribution >= 0.6 is 0 Å².